The molecule has 1 saturated heterocycles. The average molecular weight is 454 g/mol. The van der Waals surface area contributed by atoms with Gasteiger partial charge in [-0.2, -0.15) is 0 Å². The van der Waals surface area contributed by atoms with Gasteiger partial charge in [-0.15, -0.1) is 0 Å². The van der Waals surface area contributed by atoms with Gasteiger partial charge >= 0.3 is 5.97 Å². The lowest BCUT2D eigenvalue weighted by Gasteiger charge is -2.32. The molecule has 3 aromatic rings. The molecule has 0 N–H and O–H groups in total. The predicted molar refractivity (Wildman–Crippen MR) is 117 cm³/mol. The van der Waals surface area contributed by atoms with E-state index in [0.29, 0.717) is 60.6 Å². The molecule has 174 valence electrons. The van der Waals surface area contributed by atoms with Crippen molar-refractivity contribution in [2.45, 2.75) is 26.7 Å². The number of hydrogen-bond acceptors (Lipinski definition) is 8. The van der Waals surface area contributed by atoms with Crippen molar-refractivity contribution in [3.63, 3.8) is 0 Å². The number of carbonyl (C=O) groups excluding carboxylic acids is 3. The van der Waals surface area contributed by atoms with Crippen molar-refractivity contribution in [3.05, 3.63) is 35.7 Å². The first-order valence-electron chi connectivity index (χ1n) is 10.9. The molecule has 4 rings (SSSR count). The van der Waals surface area contributed by atoms with Crippen LogP contribution >= 0.6 is 0 Å². The van der Waals surface area contributed by atoms with Crippen LogP contribution in [-0.2, 0) is 14.3 Å². The van der Waals surface area contributed by atoms with Crippen molar-refractivity contribution in [1.82, 2.24) is 19.9 Å². The van der Waals surface area contributed by atoms with Gasteiger partial charge in [-0.25, -0.2) is 4.98 Å². The molecule has 1 aliphatic rings. The fourth-order valence-corrected chi connectivity index (χ4v) is 4.02. The van der Waals surface area contributed by atoms with E-state index in [1.54, 1.807) is 44.0 Å². The summed E-state index contributed by atoms with van der Waals surface area (Å²) in [7, 11) is 1.58. The number of amides is 2. The van der Waals surface area contributed by atoms with Crippen molar-refractivity contribution < 1.29 is 28.1 Å². The van der Waals surface area contributed by atoms with Crippen molar-refractivity contribution in [1.29, 1.82) is 0 Å². The third-order valence-corrected chi connectivity index (χ3v) is 5.81. The summed E-state index contributed by atoms with van der Waals surface area (Å²) in [5.74, 6) is -0.434. The number of likely N-dealkylation sites (tertiary alicyclic amines) is 1. The van der Waals surface area contributed by atoms with Gasteiger partial charge in [0.1, 0.15) is 5.69 Å². The van der Waals surface area contributed by atoms with Crippen molar-refractivity contribution in [2.75, 3.05) is 33.3 Å². The van der Waals surface area contributed by atoms with E-state index in [0.717, 1.165) is 0 Å². The van der Waals surface area contributed by atoms with E-state index in [4.69, 9.17) is 13.7 Å². The van der Waals surface area contributed by atoms with E-state index in [1.807, 2.05) is 0 Å². The van der Waals surface area contributed by atoms with Crippen LogP contribution in [0.2, 0.25) is 0 Å². The number of rotatable bonds is 6. The molecule has 0 aliphatic carbocycles. The van der Waals surface area contributed by atoms with E-state index in [9.17, 15) is 14.4 Å². The maximum Gasteiger partial charge on any atom is 0.309 e. The van der Waals surface area contributed by atoms with E-state index in [-0.39, 0.29) is 36.0 Å². The Kier molecular flexibility index (Phi) is 6.43. The Morgan fingerprint density at radius 3 is 2.70 bits per heavy atom. The van der Waals surface area contributed by atoms with Gasteiger partial charge in [0, 0.05) is 20.1 Å². The Balaban J connectivity index is 1.48. The molecular formula is C23H26N4O6. The van der Waals surface area contributed by atoms with Crippen LogP contribution in [-0.4, -0.2) is 71.0 Å². The molecule has 1 aliphatic heterocycles. The minimum atomic E-state index is -0.351. The molecular weight excluding hydrogens is 428 g/mol. The molecule has 3 aromatic heterocycles. The lowest BCUT2D eigenvalue weighted by Crippen LogP contribution is -2.45. The summed E-state index contributed by atoms with van der Waals surface area (Å²) < 4.78 is 15.8. The summed E-state index contributed by atoms with van der Waals surface area (Å²) in [5, 5.41) is 4.44. The van der Waals surface area contributed by atoms with Gasteiger partial charge in [-0.3, -0.25) is 14.4 Å². The number of fused-ring (bicyclic) bond motifs is 1. The molecule has 0 radical (unpaired) electrons. The van der Waals surface area contributed by atoms with Crippen LogP contribution in [0.5, 0.6) is 0 Å². The molecule has 0 saturated carbocycles. The smallest absolute Gasteiger partial charge is 0.309 e. The zero-order chi connectivity index (χ0) is 23.5. The van der Waals surface area contributed by atoms with E-state index in [2.05, 4.69) is 10.1 Å². The SMILES string of the molecule is CCOC(=O)C1CCN(C(=O)CN(C)C(=O)c2cc(-c3ccco3)nc3onc(C)c23)CC1. The summed E-state index contributed by atoms with van der Waals surface area (Å²) in [5.41, 5.74) is 1.53. The molecule has 0 spiro atoms. The molecule has 10 nitrogen and oxygen atoms in total. The summed E-state index contributed by atoms with van der Waals surface area (Å²) in [6.45, 7) is 4.68. The second kappa shape index (κ2) is 9.43. The molecule has 0 bridgehead atoms. The standard InChI is InChI=1S/C23H26N4O6/c1-4-31-23(30)15-7-9-27(10-8-15)19(28)13-26(3)22(29)16-12-17(18-6-5-11-32-18)24-21-20(16)14(2)25-33-21/h5-6,11-12,15H,4,7-10,13H2,1-3H3. The first-order valence-corrected chi connectivity index (χ1v) is 10.9. The van der Waals surface area contributed by atoms with Gasteiger partial charge in [0.2, 0.25) is 5.91 Å². The minimum Gasteiger partial charge on any atom is -0.466 e. The van der Waals surface area contributed by atoms with Gasteiger partial charge < -0.3 is 23.5 Å². The molecule has 10 heteroatoms. The zero-order valence-corrected chi connectivity index (χ0v) is 18.9. The molecule has 0 aromatic carbocycles. The number of carbonyl (C=O) groups is 3. The Morgan fingerprint density at radius 1 is 1.27 bits per heavy atom. The van der Waals surface area contributed by atoms with E-state index in [1.165, 1.54) is 11.2 Å². The molecule has 4 heterocycles. The van der Waals surface area contributed by atoms with Crippen LogP contribution in [0.25, 0.3) is 22.6 Å². The fourth-order valence-electron chi connectivity index (χ4n) is 4.02. The molecule has 0 atom stereocenters. The lowest BCUT2D eigenvalue weighted by atomic mass is 9.97. The number of furan rings is 1. The number of nitrogens with zero attached hydrogens (tertiary/aromatic N) is 4. The highest BCUT2D eigenvalue weighted by molar-refractivity contribution is 6.07. The number of pyridine rings is 1. The highest BCUT2D eigenvalue weighted by atomic mass is 16.5. The monoisotopic (exact) mass is 454 g/mol. The molecule has 2 amide bonds. The molecule has 0 unspecified atom stereocenters. The van der Waals surface area contributed by atoms with Gasteiger partial charge in [0.05, 0.1) is 42.0 Å². The second-order valence-corrected chi connectivity index (χ2v) is 8.05. The van der Waals surface area contributed by atoms with Crippen LogP contribution in [0.3, 0.4) is 0 Å². The van der Waals surface area contributed by atoms with Gasteiger partial charge in [0.15, 0.2) is 5.76 Å². The van der Waals surface area contributed by atoms with Crippen LogP contribution in [0.1, 0.15) is 35.8 Å². The van der Waals surface area contributed by atoms with Crippen molar-refractivity contribution in [3.8, 4) is 11.5 Å². The number of likely N-dealkylation sites (N-methyl/N-ethyl adjacent to an activating group) is 1. The quantitative estimate of drug-likeness (QED) is 0.522. The first-order chi connectivity index (χ1) is 15.9. The van der Waals surface area contributed by atoms with Crippen LogP contribution in [0.15, 0.2) is 33.4 Å². The van der Waals surface area contributed by atoms with Gasteiger partial charge in [0.25, 0.3) is 11.6 Å². The topological polar surface area (TPSA) is 119 Å². The Labute approximate surface area is 190 Å². The van der Waals surface area contributed by atoms with Gasteiger partial charge in [-0.1, -0.05) is 5.16 Å². The Bertz CT molecular complexity index is 1160. The number of esters is 1. The maximum atomic E-state index is 13.3. The minimum absolute atomic E-state index is 0.0901. The highest BCUT2D eigenvalue weighted by Gasteiger charge is 2.30. The highest BCUT2D eigenvalue weighted by Crippen LogP contribution is 2.28. The summed E-state index contributed by atoms with van der Waals surface area (Å²) in [6.07, 6.45) is 2.63. The average Bonchev–Trinajstić information content (AvgIpc) is 3.48. The van der Waals surface area contributed by atoms with E-state index >= 15 is 0 Å². The summed E-state index contributed by atoms with van der Waals surface area (Å²) in [6, 6.07) is 5.09. The number of hydrogen-bond donors (Lipinski definition) is 0. The van der Waals surface area contributed by atoms with E-state index < -0.39 is 0 Å². The molecule has 33 heavy (non-hydrogen) atoms. The summed E-state index contributed by atoms with van der Waals surface area (Å²) >= 11 is 0. The summed E-state index contributed by atoms with van der Waals surface area (Å²) in [4.78, 5) is 45.5. The largest absolute Gasteiger partial charge is 0.466 e. The number of ether oxygens (including phenoxy) is 1. The van der Waals surface area contributed by atoms with Crippen molar-refractivity contribution in [2.24, 2.45) is 5.92 Å². The van der Waals surface area contributed by atoms with Crippen LogP contribution in [0.4, 0.5) is 0 Å². The Hall–Kier alpha value is -3.69. The number of aryl methyl sites for hydroxylation is 1. The lowest BCUT2D eigenvalue weighted by molar-refractivity contribution is -0.151. The zero-order valence-electron chi connectivity index (χ0n) is 18.9. The second-order valence-electron chi connectivity index (χ2n) is 8.05. The third kappa shape index (κ3) is 4.59. The maximum absolute atomic E-state index is 13.3. The number of piperidine rings is 1. The first kappa shape index (κ1) is 22.5. The Morgan fingerprint density at radius 2 is 2.03 bits per heavy atom. The number of aromatic nitrogens is 2. The van der Waals surface area contributed by atoms with Crippen LogP contribution < -0.4 is 0 Å². The van der Waals surface area contributed by atoms with Crippen LogP contribution in [0, 0.1) is 12.8 Å². The third-order valence-electron chi connectivity index (χ3n) is 5.81. The van der Waals surface area contributed by atoms with Crippen molar-refractivity contribution >= 4 is 28.9 Å². The fraction of sp³-hybridized carbons (Fsp3) is 0.435. The van der Waals surface area contributed by atoms with Gasteiger partial charge in [-0.05, 0) is 44.9 Å². The molecule has 1 fully saturated rings. The normalized spacial score (nSPS) is 14.5. The predicted octanol–water partition coefficient (Wildman–Crippen LogP) is 2.66.